The van der Waals surface area contributed by atoms with Crippen LogP contribution in [0.2, 0.25) is 0 Å². The molecule has 0 aliphatic carbocycles. The zero-order valence-electron chi connectivity index (χ0n) is 9.74. The Morgan fingerprint density at radius 2 is 2.40 bits per heavy atom. The van der Waals surface area contributed by atoms with E-state index in [1.165, 1.54) is 0 Å². The first-order valence-corrected chi connectivity index (χ1v) is 6.18. The Kier molecular flexibility index (Phi) is 5.50. The number of nitrogens with zero attached hydrogens (tertiary/aromatic N) is 1. The lowest BCUT2D eigenvalue weighted by Gasteiger charge is -2.30. The van der Waals surface area contributed by atoms with Crippen LogP contribution in [0.1, 0.15) is 33.1 Å². The number of thiocarbonyl (C=S) groups is 1. The van der Waals surface area contributed by atoms with Gasteiger partial charge in [-0.25, -0.2) is 0 Å². The van der Waals surface area contributed by atoms with E-state index in [9.17, 15) is 0 Å². The average molecular weight is 230 g/mol. The van der Waals surface area contributed by atoms with E-state index in [0.717, 1.165) is 39.0 Å². The zero-order valence-corrected chi connectivity index (χ0v) is 10.6. The summed E-state index contributed by atoms with van der Waals surface area (Å²) in [5, 5.41) is 0. The lowest BCUT2D eigenvalue weighted by Crippen LogP contribution is -2.40. The van der Waals surface area contributed by atoms with Gasteiger partial charge in [0, 0.05) is 32.2 Å². The molecule has 2 atom stereocenters. The van der Waals surface area contributed by atoms with Crippen molar-refractivity contribution in [3.05, 3.63) is 0 Å². The second-order valence-electron chi connectivity index (χ2n) is 4.26. The fraction of sp³-hybridized carbons (Fsp3) is 0.909. The summed E-state index contributed by atoms with van der Waals surface area (Å²) in [6.07, 6.45) is 3.37. The predicted octanol–water partition coefficient (Wildman–Crippen LogP) is 1.55. The molecule has 15 heavy (non-hydrogen) atoms. The van der Waals surface area contributed by atoms with Crippen LogP contribution in [0.4, 0.5) is 0 Å². The number of rotatable bonds is 4. The highest BCUT2D eigenvalue weighted by Crippen LogP contribution is 2.14. The fourth-order valence-corrected chi connectivity index (χ4v) is 2.31. The highest BCUT2D eigenvalue weighted by Gasteiger charge is 2.21. The largest absolute Gasteiger partial charge is 0.393 e. The normalized spacial score (nSPS) is 25.9. The Hall–Kier alpha value is -0.190. The van der Waals surface area contributed by atoms with Gasteiger partial charge in [-0.15, -0.1) is 0 Å². The molecule has 3 nitrogen and oxygen atoms in total. The van der Waals surface area contributed by atoms with Crippen molar-refractivity contribution in [1.82, 2.24) is 4.90 Å². The van der Waals surface area contributed by atoms with Crippen molar-refractivity contribution in [2.45, 2.75) is 45.3 Å². The van der Waals surface area contributed by atoms with E-state index in [1.807, 2.05) is 0 Å². The van der Waals surface area contributed by atoms with Crippen LogP contribution >= 0.6 is 12.2 Å². The molecule has 0 saturated carbocycles. The van der Waals surface area contributed by atoms with Crippen LogP contribution in [0.3, 0.4) is 0 Å². The van der Waals surface area contributed by atoms with Crippen LogP contribution in [-0.2, 0) is 4.74 Å². The van der Waals surface area contributed by atoms with Crippen LogP contribution in [0.15, 0.2) is 0 Å². The van der Waals surface area contributed by atoms with E-state index in [0.29, 0.717) is 17.1 Å². The molecule has 4 heteroatoms. The fourth-order valence-electron chi connectivity index (χ4n) is 2.12. The molecule has 88 valence electrons. The Morgan fingerprint density at radius 1 is 1.67 bits per heavy atom. The first kappa shape index (κ1) is 12.9. The van der Waals surface area contributed by atoms with Gasteiger partial charge in [-0.3, -0.25) is 4.90 Å². The van der Waals surface area contributed by atoms with Gasteiger partial charge >= 0.3 is 0 Å². The zero-order chi connectivity index (χ0) is 11.3. The molecule has 0 aromatic rings. The lowest BCUT2D eigenvalue weighted by atomic mass is 10.1. The molecule has 0 aromatic heterocycles. The number of hydrogen-bond acceptors (Lipinski definition) is 3. The Labute approximate surface area is 98.0 Å². The molecular weight excluding hydrogens is 208 g/mol. The van der Waals surface area contributed by atoms with E-state index in [2.05, 4.69) is 18.7 Å². The summed E-state index contributed by atoms with van der Waals surface area (Å²) in [5.41, 5.74) is 5.62. The smallest absolute Gasteiger partial charge is 0.0743 e. The minimum absolute atomic E-state index is 0.327. The standard InChI is InChI=1S/C11H22N2OS/c1-3-10(7-11(12)15)13-5-4-6-14-9(2)8-13/h9-10H,3-8H2,1-2H3,(H2,12,15). The third-order valence-electron chi connectivity index (χ3n) is 2.91. The second kappa shape index (κ2) is 6.40. The minimum Gasteiger partial charge on any atom is -0.393 e. The summed E-state index contributed by atoms with van der Waals surface area (Å²) < 4.78 is 5.63. The summed E-state index contributed by atoms with van der Waals surface area (Å²) in [4.78, 5) is 3.09. The van der Waals surface area contributed by atoms with E-state index in [1.54, 1.807) is 0 Å². The van der Waals surface area contributed by atoms with E-state index in [-0.39, 0.29) is 0 Å². The van der Waals surface area contributed by atoms with Crippen LogP contribution in [0.5, 0.6) is 0 Å². The summed E-state index contributed by atoms with van der Waals surface area (Å²) in [6.45, 7) is 7.30. The maximum Gasteiger partial charge on any atom is 0.0743 e. The summed E-state index contributed by atoms with van der Waals surface area (Å²) >= 11 is 4.99. The summed E-state index contributed by atoms with van der Waals surface area (Å²) in [6, 6.07) is 0.492. The molecule has 1 aliphatic rings. The maximum absolute atomic E-state index is 5.63. The van der Waals surface area contributed by atoms with Crippen molar-refractivity contribution >= 4 is 17.2 Å². The maximum atomic E-state index is 5.63. The third kappa shape index (κ3) is 4.45. The molecule has 1 heterocycles. The van der Waals surface area contributed by atoms with Gasteiger partial charge in [0.2, 0.25) is 0 Å². The van der Waals surface area contributed by atoms with Crippen molar-refractivity contribution in [2.24, 2.45) is 5.73 Å². The van der Waals surface area contributed by atoms with Crippen LogP contribution in [0.25, 0.3) is 0 Å². The molecule has 1 saturated heterocycles. The van der Waals surface area contributed by atoms with Gasteiger partial charge in [0.05, 0.1) is 11.1 Å². The molecule has 0 aromatic carbocycles. The molecule has 0 bridgehead atoms. The van der Waals surface area contributed by atoms with Gasteiger partial charge in [-0.1, -0.05) is 19.1 Å². The molecule has 2 unspecified atom stereocenters. The molecule has 2 N–H and O–H groups in total. The van der Waals surface area contributed by atoms with Gasteiger partial charge in [-0.05, 0) is 19.8 Å². The lowest BCUT2D eigenvalue weighted by molar-refractivity contribution is 0.0608. The Balaban J connectivity index is 2.52. The first-order chi connectivity index (χ1) is 7.13. The first-order valence-electron chi connectivity index (χ1n) is 5.77. The van der Waals surface area contributed by atoms with Crippen molar-refractivity contribution in [1.29, 1.82) is 0 Å². The third-order valence-corrected chi connectivity index (χ3v) is 3.07. The monoisotopic (exact) mass is 230 g/mol. The molecule has 0 amide bonds. The average Bonchev–Trinajstić information content (AvgIpc) is 2.39. The quantitative estimate of drug-likeness (QED) is 0.744. The van der Waals surface area contributed by atoms with Gasteiger partial charge in [0.15, 0.2) is 0 Å². The van der Waals surface area contributed by atoms with Crippen LogP contribution in [0, 0.1) is 0 Å². The minimum atomic E-state index is 0.327. The topological polar surface area (TPSA) is 38.5 Å². The van der Waals surface area contributed by atoms with Gasteiger partial charge in [0.1, 0.15) is 0 Å². The number of hydrogen-bond donors (Lipinski definition) is 1. The van der Waals surface area contributed by atoms with Crippen molar-refractivity contribution in [3.8, 4) is 0 Å². The second-order valence-corrected chi connectivity index (χ2v) is 4.79. The van der Waals surface area contributed by atoms with Crippen molar-refractivity contribution in [2.75, 3.05) is 19.7 Å². The van der Waals surface area contributed by atoms with Crippen LogP contribution in [-0.4, -0.2) is 41.7 Å². The summed E-state index contributed by atoms with van der Waals surface area (Å²) in [5.74, 6) is 0. The van der Waals surface area contributed by atoms with Crippen molar-refractivity contribution < 1.29 is 4.74 Å². The highest BCUT2D eigenvalue weighted by molar-refractivity contribution is 7.80. The molecule has 1 aliphatic heterocycles. The number of nitrogens with two attached hydrogens (primary N) is 1. The van der Waals surface area contributed by atoms with Gasteiger partial charge in [-0.2, -0.15) is 0 Å². The van der Waals surface area contributed by atoms with Gasteiger partial charge in [0.25, 0.3) is 0 Å². The van der Waals surface area contributed by atoms with Gasteiger partial charge < -0.3 is 10.5 Å². The van der Waals surface area contributed by atoms with Crippen molar-refractivity contribution in [3.63, 3.8) is 0 Å². The van der Waals surface area contributed by atoms with Crippen LogP contribution < -0.4 is 5.73 Å². The Bertz CT molecular complexity index is 211. The van der Waals surface area contributed by atoms with E-state index in [4.69, 9.17) is 22.7 Å². The van der Waals surface area contributed by atoms with E-state index >= 15 is 0 Å². The SMILES string of the molecule is CCC(CC(N)=S)N1CCCOC(C)C1. The molecular formula is C11H22N2OS. The Morgan fingerprint density at radius 3 is 3.00 bits per heavy atom. The molecule has 1 fully saturated rings. The predicted molar refractivity (Wildman–Crippen MR) is 67.1 cm³/mol. The van der Waals surface area contributed by atoms with E-state index < -0.39 is 0 Å². The highest BCUT2D eigenvalue weighted by atomic mass is 32.1. The number of ether oxygens (including phenoxy) is 1. The summed E-state index contributed by atoms with van der Waals surface area (Å²) in [7, 11) is 0. The molecule has 0 spiro atoms. The molecule has 0 radical (unpaired) electrons. The molecule has 1 rings (SSSR count).